The number of rotatable bonds is 5. The molecule has 126 valence electrons. The van der Waals surface area contributed by atoms with Crippen molar-refractivity contribution in [2.45, 2.75) is 45.1 Å². The Morgan fingerprint density at radius 3 is 2.39 bits per heavy atom. The third kappa shape index (κ3) is 4.47. The zero-order valence-corrected chi connectivity index (χ0v) is 14.3. The summed E-state index contributed by atoms with van der Waals surface area (Å²) in [5, 5.41) is 3.58. The molecule has 0 saturated carbocycles. The molecule has 0 spiro atoms. The van der Waals surface area contributed by atoms with Crippen LogP contribution in [0, 0.1) is 6.92 Å². The SMILES string of the molecule is Cc1ccc(N2CCC(NCCC(=O)N3CCCC3)CC2)cc1. The van der Waals surface area contributed by atoms with Crippen LogP contribution in [-0.4, -0.2) is 49.6 Å². The molecular formula is C19H29N3O. The minimum Gasteiger partial charge on any atom is -0.371 e. The largest absolute Gasteiger partial charge is 0.371 e. The molecule has 2 aliphatic heterocycles. The van der Waals surface area contributed by atoms with Gasteiger partial charge in [0.15, 0.2) is 0 Å². The molecule has 0 radical (unpaired) electrons. The smallest absolute Gasteiger partial charge is 0.223 e. The fraction of sp³-hybridized carbons (Fsp3) is 0.632. The maximum atomic E-state index is 12.0. The first-order valence-corrected chi connectivity index (χ1v) is 9.05. The van der Waals surface area contributed by atoms with Crippen LogP contribution in [0.2, 0.25) is 0 Å². The van der Waals surface area contributed by atoms with E-state index in [0.717, 1.165) is 45.6 Å². The van der Waals surface area contributed by atoms with Crippen molar-refractivity contribution in [1.82, 2.24) is 10.2 Å². The molecule has 1 amide bonds. The summed E-state index contributed by atoms with van der Waals surface area (Å²) in [7, 11) is 0. The lowest BCUT2D eigenvalue weighted by Gasteiger charge is -2.34. The highest BCUT2D eigenvalue weighted by atomic mass is 16.2. The van der Waals surface area contributed by atoms with Crippen LogP contribution in [0.1, 0.15) is 37.7 Å². The van der Waals surface area contributed by atoms with Gasteiger partial charge < -0.3 is 15.1 Å². The Balaban J connectivity index is 1.36. The molecule has 4 nitrogen and oxygen atoms in total. The summed E-state index contributed by atoms with van der Waals surface area (Å²) in [6.45, 7) is 7.08. The number of anilines is 1. The number of aryl methyl sites for hydroxylation is 1. The van der Waals surface area contributed by atoms with Crippen LogP contribution >= 0.6 is 0 Å². The molecule has 2 saturated heterocycles. The molecule has 2 aliphatic rings. The van der Waals surface area contributed by atoms with Crippen molar-refractivity contribution >= 4 is 11.6 Å². The van der Waals surface area contributed by atoms with Crippen LogP contribution in [0.25, 0.3) is 0 Å². The lowest BCUT2D eigenvalue weighted by atomic mass is 10.0. The van der Waals surface area contributed by atoms with Crippen LogP contribution in [0.15, 0.2) is 24.3 Å². The average Bonchev–Trinajstić information content (AvgIpc) is 3.11. The summed E-state index contributed by atoms with van der Waals surface area (Å²) in [4.78, 5) is 16.5. The number of nitrogens with one attached hydrogen (secondary N) is 1. The number of carbonyl (C=O) groups excluding carboxylic acids is 1. The predicted molar refractivity (Wildman–Crippen MR) is 94.8 cm³/mol. The van der Waals surface area contributed by atoms with Gasteiger partial charge >= 0.3 is 0 Å². The van der Waals surface area contributed by atoms with Crippen LogP contribution < -0.4 is 10.2 Å². The number of hydrogen-bond acceptors (Lipinski definition) is 3. The molecule has 1 aromatic carbocycles. The molecule has 2 fully saturated rings. The second-order valence-corrected chi connectivity index (χ2v) is 6.89. The maximum Gasteiger partial charge on any atom is 0.223 e. The van der Waals surface area contributed by atoms with E-state index in [-0.39, 0.29) is 0 Å². The van der Waals surface area contributed by atoms with Gasteiger partial charge in [-0.2, -0.15) is 0 Å². The standard InChI is InChI=1S/C19H29N3O/c1-16-4-6-18(7-5-16)21-14-9-17(10-15-21)20-11-8-19(23)22-12-2-3-13-22/h4-7,17,20H,2-3,8-15H2,1H3. The number of nitrogens with zero attached hydrogens (tertiary/aromatic N) is 2. The monoisotopic (exact) mass is 315 g/mol. The van der Waals surface area contributed by atoms with E-state index in [1.54, 1.807) is 0 Å². The van der Waals surface area contributed by atoms with Gasteiger partial charge in [0.2, 0.25) is 5.91 Å². The van der Waals surface area contributed by atoms with Crippen molar-refractivity contribution < 1.29 is 4.79 Å². The summed E-state index contributed by atoms with van der Waals surface area (Å²) in [6, 6.07) is 9.37. The number of likely N-dealkylation sites (tertiary alicyclic amines) is 1. The van der Waals surface area contributed by atoms with Crippen LogP contribution in [0.5, 0.6) is 0 Å². The van der Waals surface area contributed by atoms with Gasteiger partial charge in [-0.25, -0.2) is 0 Å². The molecule has 0 aromatic heterocycles. The quantitative estimate of drug-likeness (QED) is 0.907. The molecule has 1 N–H and O–H groups in total. The first-order valence-electron chi connectivity index (χ1n) is 9.05. The van der Waals surface area contributed by atoms with Crippen LogP contribution in [-0.2, 0) is 4.79 Å². The zero-order chi connectivity index (χ0) is 16.1. The molecule has 3 rings (SSSR count). The van der Waals surface area contributed by atoms with E-state index in [4.69, 9.17) is 0 Å². The maximum absolute atomic E-state index is 12.0. The van der Waals surface area contributed by atoms with Gasteiger partial charge in [0, 0.05) is 50.9 Å². The Labute approximate surface area is 139 Å². The van der Waals surface area contributed by atoms with Gasteiger partial charge in [0.1, 0.15) is 0 Å². The molecule has 23 heavy (non-hydrogen) atoms. The number of benzene rings is 1. The molecule has 0 unspecified atom stereocenters. The van der Waals surface area contributed by atoms with E-state index in [1.807, 2.05) is 4.90 Å². The van der Waals surface area contributed by atoms with Crippen molar-refractivity contribution in [2.24, 2.45) is 0 Å². The molecule has 0 atom stereocenters. The first-order chi connectivity index (χ1) is 11.2. The third-order valence-electron chi connectivity index (χ3n) is 5.12. The van der Waals surface area contributed by atoms with E-state index < -0.39 is 0 Å². The number of carbonyl (C=O) groups is 1. The Morgan fingerprint density at radius 1 is 1.09 bits per heavy atom. The lowest BCUT2D eigenvalue weighted by Crippen LogP contribution is -2.43. The first kappa shape index (κ1) is 16.3. The summed E-state index contributed by atoms with van der Waals surface area (Å²) >= 11 is 0. The average molecular weight is 315 g/mol. The Bertz CT molecular complexity index is 500. The van der Waals surface area contributed by atoms with Crippen molar-refractivity contribution in [3.05, 3.63) is 29.8 Å². The summed E-state index contributed by atoms with van der Waals surface area (Å²) < 4.78 is 0. The molecule has 2 heterocycles. The van der Waals surface area contributed by atoms with E-state index in [0.29, 0.717) is 18.4 Å². The van der Waals surface area contributed by atoms with Gasteiger partial charge in [0.25, 0.3) is 0 Å². The van der Waals surface area contributed by atoms with Crippen molar-refractivity contribution in [3.8, 4) is 0 Å². The summed E-state index contributed by atoms with van der Waals surface area (Å²) in [6.07, 6.45) is 5.32. The number of hydrogen-bond donors (Lipinski definition) is 1. The Morgan fingerprint density at radius 2 is 1.74 bits per heavy atom. The van der Waals surface area contributed by atoms with E-state index in [9.17, 15) is 4.79 Å². The fourth-order valence-corrected chi connectivity index (χ4v) is 3.61. The predicted octanol–water partition coefficient (Wildman–Crippen LogP) is 2.57. The highest BCUT2D eigenvalue weighted by molar-refractivity contribution is 5.76. The van der Waals surface area contributed by atoms with Gasteiger partial charge in [0.05, 0.1) is 0 Å². The van der Waals surface area contributed by atoms with Gasteiger partial charge in [-0.3, -0.25) is 4.79 Å². The summed E-state index contributed by atoms with van der Waals surface area (Å²) in [5.41, 5.74) is 2.64. The molecular weight excluding hydrogens is 286 g/mol. The van der Waals surface area contributed by atoms with Gasteiger partial charge in [-0.05, 0) is 44.7 Å². The highest BCUT2D eigenvalue weighted by Crippen LogP contribution is 2.20. The minimum absolute atomic E-state index is 0.326. The topological polar surface area (TPSA) is 35.6 Å². The molecule has 1 aromatic rings. The lowest BCUT2D eigenvalue weighted by molar-refractivity contribution is -0.130. The third-order valence-corrected chi connectivity index (χ3v) is 5.12. The van der Waals surface area contributed by atoms with Gasteiger partial charge in [-0.1, -0.05) is 17.7 Å². The molecule has 0 bridgehead atoms. The molecule has 4 heteroatoms. The van der Waals surface area contributed by atoms with Crippen molar-refractivity contribution in [2.75, 3.05) is 37.6 Å². The Hall–Kier alpha value is -1.55. The van der Waals surface area contributed by atoms with Gasteiger partial charge in [-0.15, -0.1) is 0 Å². The van der Waals surface area contributed by atoms with Crippen LogP contribution in [0.3, 0.4) is 0 Å². The van der Waals surface area contributed by atoms with E-state index in [1.165, 1.54) is 24.1 Å². The van der Waals surface area contributed by atoms with E-state index in [2.05, 4.69) is 41.4 Å². The molecule has 0 aliphatic carbocycles. The second kappa shape index (κ2) is 7.82. The van der Waals surface area contributed by atoms with Crippen molar-refractivity contribution in [1.29, 1.82) is 0 Å². The minimum atomic E-state index is 0.326. The van der Waals surface area contributed by atoms with Crippen molar-refractivity contribution in [3.63, 3.8) is 0 Å². The normalized spacial score (nSPS) is 19.3. The zero-order valence-electron chi connectivity index (χ0n) is 14.3. The van der Waals surface area contributed by atoms with E-state index >= 15 is 0 Å². The fourth-order valence-electron chi connectivity index (χ4n) is 3.61. The second-order valence-electron chi connectivity index (χ2n) is 6.89. The highest BCUT2D eigenvalue weighted by Gasteiger charge is 2.20. The number of piperidine rings is 1. The van der Waals surface area contributed by atoms with Crippen LogP contribution in [0.4, 0.5) is 5.69 Å². The Kier molecular flexibility index (Phi) is 5.55. The summed E-state index contributed by atoms with van der Waals surface area (Å²) in [5.74, 6) is 0.326. The number of amides is 1.